The molecule has 24 heavy (non-hydrogen) atoms. The molecule has 0 spiro atoms. The van der Waals surface area contributed by atoms with E-state index in [2.05, 4.69) is 0 Å². The number of nitrogens with zero attached hydrogens (tertiary/aromatic N) is 1. The second kappa shape index (κ2) is 7.36. The second-order valence-corrected chi connectivity index (χ2v) is 6.94. The van der Waals surface area contributed by atoms with Crippen LogP contribution in [0.25, 0.3) is 0 Å². The SMILES string of the molecule is COc1cc(OC)cc(C2SCCN2C(=O)c2ccccc2Cl)c1. The van der Waals surface area contributed by atoms with Gasteiger partial charge in [0.05, 0.1) is 24.8 Å². The number of rotatable bonds is 4. The number of benzene rings is 2. The normalized spacial score (nSPS) is 17.0. The van der Waals surface area contributed by atoms with Crippen LogP contribution in [0.4, 0.5) is 0 Å². The van der Waals surface area contributed by atoms with Gasteiger partial charge in [-0.2, -0.15) is 0 Å². The molecule has 1 saturated heterocycles. The first-order chi connectivity index (χ1) is 11.6. The van der Waals surface area contributed by atoms with Gasteiger partial charge in [-0.15, -0.1) is 11.8 Å². The molecule has 0 saturated carbocycles. The first kappa shape index (κ1) is 17.0. The van der Waals surface area contributed by atoms with Crippen molar-refractivity contribution in [2.75, 3.05) is 26.5 Å². The van der Waals surface area contributed by atoms with Crippen molar-refractivity contribution < 1.29 is 14.3 Å². The molecule has 0 radical (unpaired) electrons. The maximum atomic E-state index is 12.9. The fraction of sp³-hybridized carbons (Fsp3) is 0.278. The van der Waals surface area contributed by atoms with Crippen molar-refractivity contribution in [3.63, 3.8) is 0 Å². The van der Waals surface area contributed by atoms with Crippen LogP contribution in [0.1, 0.15) is 21.3 Å². The van der Waals surface area contributed by atoms with Gasteiger partial charge in [-0.1, -0.05) is 23.7 Å². The lowest BCUT2D eigenvalue weighted by atomic mass is 10.1. The lowest BCUT2D eigenvalue weighted by molar-refractivity contribution is 0.0760. The summed E-state index contributed by atoms with van der Waals surface area (Å²) in [5.41, 5.74) is 1.51. The average molecular weight is 364 g/mol. The van der Waals surface area contributed by atoms with E-state index in [1.807, 2.05) is 35.2 Å². The van der Waals surface area contributed by atoms with Crippen molar-refractivity contribution in [3.05, 3.63) is 58.6 Å². The highest BCUT2D eigenvalue weighted by atomic mass is 35.5. The number of methoxy groups -OCH3 is 2. The standard InChI is InChI=1S/C18H18ClNO3S/c1-22-13-9-12(10-14(11-13)23-2)18-20(7-8-24-18)17(21)15-5-3-4-6-16(15)19/h3-6,9-11,18H,7-8H2,1-2H3. The molecule has 0 aliphatic carbocycles. The van der Waals surface area contributed by atoms with Crippen molar-refractivity contribution in [1.82, 2.24) is 4.90 Å². The molecule has 3 rings (SSSR count). The van der Waals surface area contributed by atoms with Crippen LogP contribution in [0.2, 0.25) is 5.02 Å². The van der Waals surface area contributed by atoms with Crippen LogP contribution in [0, 0.1) is 0 Å². The number of halogens is 1. The third kappa shape index (κ3) is 3.32. The molecule has 1 fully saturated rings. The summed E-state index contributed by atoms with van der Waals surface area (Å²) in [6.07, 6.45) is 0. The smallest absolute Gasteiger partial charge is 0.256 e. The fourth-order valence-corrected chi connectivity index (χ4v) is 4.17. The minimum Gasteiger partial charge on any atom is -0.497 e. The van der Waals surface area contributed by atoms with Crippen LogP contribution < -0.4 is 9.47 Å². The molecule has 1 amide bonds. The van der Waals surface area contributed by atoms with Gasteiger partial charge in [0.15, 0.2) is 0 Å². The van der Waals surface area contributed by atoms with Gasteiger partial charge in [-0.3, -0.25) is 4.79 Å². The zero-order valence-corrected chi connectivity index (χ0v) is 15.1. The second-order valence-electron chi connectivity index (χ2n) is 5.35. The van der Waals surface area contributed by atoms with Gasteiger partial charge >= 0.3 is 0 Å². The van der Waals surface area contributed by atoms with E-state index in [1.54, 1.807) is 38.1 Å². The van der Waals surface area contributed by atoms with Gasteiger partial charge in [0, 0.05) is 18.4 Å². The van der Waals surface area contributed by atoms with E-state index in [0.29, 0.717) is 28.6 Å². The first-order valence-electron chi connectivity index (χ1n) is 7.54. The number of carbonyl (C=O) groups excluding carboxylic acids is 1. The van der Waals surface area contributed by atoms with E-state index in [0.717, 1.165) is 11.3 Å². The van der Waals surface area contributed by atoms with Crippen LogP contribution in [0.3, 0.4) is 0 Å². The third-order valence-corrected chi connectivity index (χ3v) is 5.51. The van der Waals surface area contributed by atoms with E-state index in [-0.39, 0.29) is 11.3 Å². The molecular weight excluding hydrogens is 346 g/mol. The Morgan fingerprint density at radius 2 is 1.83 bits per heavy atom. The highest BCUT2D eigenvalue weighted by Crippen LogP contribution is 2.41. The Balaban J connectivity index is 1.94. The Morgan fingerprint density at radius 1 is 1.17 bits per heavy atom. The van der Waals surface area contributed by atoms with Gasteiger partial charge < -0.3 is 14.4 Å². The summed E-state index contributed by atoms with van der Waals surface area (Å²) in [6, 6.07) is 12.9. The van der Waals surface area contributed by atoms with Gasteiger partial charge in [-0.05, 0) is 29.8 Å². The van der Waals surface area contributed by atoms with Gasteiger partial charge in [0.1, 0.15) is 16.9 Å². The molecule has 126 valence electrons. The van der Waals surface area contributed by atoms with Gasteiger partial charge in [0.25, 0.3) is 5.91 Å². The van der Waals surface area contributed by atoms with E-state index >= 15 is 0 Å². The molecule has 4 nitrogen and oxygen atoms in total. The summed E-state index contributed by atoms with van der Waals surface area (Å²) in [4.78, 5) is 14.8. The Bertz CT molecular complexity index is 731. The molecule has 2 aromatic rings. The van der Waals surface area contributed by atoms with Crippen molar-refractivity contribution in [2.24, 2.45) is 0 Å². The number of hydrogen-bond donors (Lipinski definition) is 0. The largest absolute Gasteiger partial charge is 0.497 e. The minimum atomic E-state index is -0.0854. The van der Waals surface area contributed by atoms with Crippen LogP contribution in [0.5, 0.6) is 11.5 Å². The zero-order valence-electron chi connectivity index (χ0n) is 13.5. The lowest BCUT2D eigenvalue weighted by Gasteiger charge is -2.25. The third-order valence-electron chi connectivity index (χ3n) is 3.92. The Labute approximate surface area is 150 Å². The summed E-state index contributed by atoms with van der Waals surface area (Å²) >= 11 is 7.91. The number of carbonyl (C=O) groups is 1. The first-order valence-corrected chi connectivity index (χ1v) is 8.97. The molecule has 1 aliphatic heterocycles. The molecule has 6 heteroatoms. The summed E-state index contributed by atoms with van der Waals surface area (Å²) in [5, 5.41) is 0.388. The van der Waals surface area contributed by atoms with Crippen LogP contribution in [0.15, 0.2) is 42.5 Å². The molecule has 1 aliphatic rings. The molecule has 1 atom stereocenters. The van der Waals surface area contributed by atoms with E-state index in [1.165, 1.54) is 0 Å². The lowest BCUT2D eigenvalue weighted by Crippen LogP contribution is -2.30. The van der Waals surface area contributed by atoms with Crippen molar-refractivity contribution >= 4 is 29.3 Å². The molecule has 0 bridgehead atoms. The number of ether oxygens (including phenoxy) is 2. The predicted molar refractivity (Wildman–Crippen MR) is 97.2 cm³/mol. The maximum Gasteiger partial charge on any atom is 0.256 e. The van der Waals surface area contributed by atoms with Gasteiger partial charge in [-0.25, -0.2) is 0 Å². The molecule has 1 heterocycles. The molecular formula is C18H18ClNO3S. The van der Waals surface area contributed by atoms with Crippen LogP contribution in [-0.2, 0) is 0 Å². The van der Waals surface area contributed by atoms with Gasteiger partial charge in [0.2, 0.25) is 0 Å². The Kier molecular flexibility index (Phi) is 5.21. The molecule has 1 unspecified atom stereocenters. The highest BCUT2D eigenvalue weighted by Gasteiger charge is 2.32. The summed E-state index contributed by atoms with van der Waals surface area (Å²) in [6.45, 7) is 0.679. The number of amides is 1. The zero-order chi connectivity index (χ0) is 17.1. The topological polar surface area (TPSA) is 38.8 Å². The summed E-state index contributed by atoms with van der Waals surface area (Å²) < 4.78 is 10.7. The average Bonchev–Trinajstić information content (AvgIpc) is 3.10. The van der Waals surface area contributed by atoms with Crippen LogP contribution in [-0.4, -0.2) is 37.3 Å². The molecule has 0 N–H and O–H groups in total. The van der Waals surface area contributed by atoms with E-state index < -0.39 is 0 Å². The highest BCUT2D eigenvalue weighted by molar-refractivity contribution is 7.99. The predicted octanol–water partition coefficient (Wildman–Crippen LogP) is 4.25. The molecule has 2 aromatic carbocycles. The number of thioether (sulfide) groups is 1. The Morgan fingerprint density at radius 3 is 2.46 bits per heavy atom. The molecule has 0 aromatic heterocycles. The summed E-state index contributed by atoms with van der Waals surface area (Å²) in [5.74, 6) is 2.24. The Hall–Kier alpha value is -1.85. The maximum absolute atomic E-state index is 12.9. The van der Waals surface area contributed by atoms with Crippen molar-refractivity contribution in [3.8, 4) is 11.5 Å². The minimum absolute atomic E-state index is 0.0580. The van der Waals surface area contributed by atoms with Crippen molar-refractivity contribution in [1.29, 1.82) is 0 Å². The monoisotopic (exact) mass is 363 g/mol. The van der Waals surface area contributed by atoms with E-state index in [4.69, 9.17) is 21.1 Å². The van der Waals surface area contributed by atoms with E-state index in [9.17, 15) is 4.79 Å². The summed E-state index contributed by atoms with van der Waals surface area (Å²) in [7, 11) is 3.24. The quantitative estimate of drug-likeness (QED) is 0.814. The fourth-order valence-electron chi connectivity index (χ4n) is 2.72. The van der Waals surface area contributed by atoms with Crippen LogP contribution >= 0.6 is 23.4 Å². The van der Waals surface area contributed by atoms with Crippen molar-refractivity contribution in [2.45, 2.75) is 5.37 Å². The number of hydrogen-bond acceptors (Lipinski definition) is 4.